The monoisotopic (exact) mass is 388 g/mol. The highest BCUT2D eigenvalue weighted by molar-refractivity contribution is 7.84. The lowest BCUT2D eigenvalue weighted by atomic mass is 10.2. The number of piperazine rings is 1. The van der Waals surface area contributed by atoms with Crippen LogP contribution in [0.3, 0.4) is 0 Å². The molecule has 0 bridgehead atoms. The Morgan fingerprint density at radius 2 is 1.70 bits per heavy atom. The molecule has 1 heterocycles. The van der Waals surface area contributed by atoms with E-state index in [1.807, 2.05) is 35.2 Å². The molecule has 27 heavy (non-hydrogen) atoms. The number of rotatable bonds is 6. The number of benzene rings is 2. The van der Waals surface area contributed by atoms with Gasteiger partial charge in [-0.3, -0.25) is 9.20 Å². The standard InChI is InChI=1S/C20H25FN4OS/c21-18-6-8-19(9-7-18)24-11-13-25(14-12-24)20(22)23-10-15-27(26)16-17-4-2-1-3-5-17/h1-9H,10-16H2,(H2,22,23). The summed E-state index contributed by atoms with van der Waals surface area (Å²) in [5.74, 6) is 1.33. The molecule has 1 unspecified atom stereocenters. The van der Waals surface area contributed by atoms with Gasteiger partial charge < -0.3 is 15.5 Å². The summed E-state index contributed by atoms with van der Waals surface area (Å²) in [6.07, 6.45) is 0. The lowest BCUT2D eigenvalue weighted by molar-refractivity contribution is 0.381. The van der Waals surface area contributed by atoms with Gasteiger partial charge in [0.05, 0.1) is 6.54 Å². The maximum Gasteiger partial charge on any atom is 0.191 e. The second-order valence-electron chi connectivity index (χ2n) is 6.46. The van der Waals surface area contributed by atoms with Gasteiger partial charge in [-0.05, 0) is 29.8 Å². The summed E-state index contributed by atoms with van der Waals surface area (Å²) in [5.41, 5.74) is 8.19. The first kappa shape index (κ1) is 19.4. The molecule has 5 nitrogen and oxygen atoms in total. The molecule has 0 aliphatic carbocycles. The van der Waals surface area contributed by atoms with Crippen molar-refractivity contribution in [3.05, 3.63) is 66.0 Å². The van der Waals surface area contributed by atoms with E-state index < -0.39 is 10.8 Å². The number of nitrogens with zero attached hydrogens (tertiary/aromatic N) is 3. The molecule has 144 valence electrons. The lowest BCUT2D eigenvalue weighted by Gasteiger charge is -2.36. The fourth-order valence-corrected chi connectivity index (χ4v) is 4.04. The number of hydrogen-bond donors (Lipinski definition) is 1. The minimum atomic E-state index is -0.945. The number of guanidine groups is 1. The Hall–Kier alpha value is -2.41. The molecule has 1 aliphatic heterocycles. The maximum atomic E-state index is 13.0. The summed E-state index contributed by atoms with van der Waals surface area (Å²) in [5, 5.41) is 0. The average Bonchev–Trinajstić information content (AvgIpc) is 2.69. The fraction of sp³-hybridized carbons (Fsp3) is 0.350. The van der Waals surface area contributed by atoms with Gasteiger partial charge in [-0.2, -0.15) is 0 Å². The van der Waals surface area contributed by atoms with Gasteiger partial charge in [0.15, 0.2) is 5.96 Å². The van der Waals surface area contributed by atoms with Crippen LogP contribution in [0.5, 0.6) is 0 Å². The van der Waals surface area contributed by atoms with Crippen molar-refractivity contribution in [2.45, 2.75) is 5.75 Å². The van der Waals surface area contributed by atoms with Gasteiger partial charge in [0.2, 0.25) is 0 Å². The molecule has 0 aromatic heterocycles. The highest BCUT2D eigenvalue weighted by Crippen LogP contribution is 2.16. The molecule has 2 aromatic carbocycles. The molecule has 2 aromatic rings. The SMILES string of the molecule is NC(=NCCS(=O)Cc1ccccc1)N1CCN(c2ccc(F)cc2)CC1. The summed E-state index contributed by atoms with van der Waals surface area (Å²) in [6, 6.07) is 16.4. The van der Waals surface area contributed by atoms with Gasteiger partial charge in [0.1, 0.15) is 5.82 Å². The molecule has 2 N–H and O–H groups in total. The number of hydrogen-bond acceptors (Lipinski definition) is 3. The molecular weight excluding hydrogens is 363 g/mol. The summed E-state index contributed by atoms with van der Waals surface area (Å²) < 4.78 is 25.2. The van der Waals surface area contributed by atoms with Gasteiger partial charge in [-0.25, -0.2) is 4.39 Å². The van der Waals surface area contributed by atoms with E-state index in [9.17, 15) is 8.60 Å². The van der Waals surface area contributed by atoms with Crippen molar-refractivity contribution in [2.24, 2.45) is 10.7 Å². The van der Waals surface area contributed by atoms with Gasteiger partial charge in [-0.15, -0.1) is 0 Å². The Balaban J connectivity index is 1.42. The largest absolute Gasteiger partial charge is 0.370 e. The summed E-state index contributed by atoms with van der Waals surface area (Å²) in [7, 11) is -0.945. The van der Waals surface area contributed by atoms with E-state index >= 15 is 0 Å². The maximum absolute atomic E-state index is 13.0. The van der Waals surface area contributed by atoms with Crippen molar-refractivity contribution in [1.29, 1.82) is 0 Å². The minimum absolute atomic E-state index is 0.224. The number of halogens is 1. The van der Waals surface area contributed by atoms with E-state index in [-0.39, 0.29) is 5.82 Å². The highest BCUT2D eigenvalue weighted by atomic mass is 32.2. The van der Waals surface area contributed by atoms with Crippen LogP contribution >= 0.6 is 0 Å². The third-order valence-corrected chi connectivity index (χ3v) is 5.85. The first-order chi connectivity index (χ1) is 13.1. The van der Waals surface area contributed by atoms with E-state index in [0.717, 1.165) is 37.4 Å². The van der Waals surface area contributed by atoms with Gasteiger partial charge >= 0.3 is 0 Å². The van der Waals surface area contributed by atoms with Crippen LogP contribution in [-0.4, -0.2) is 53.5 Å². The average molecular weight is 389 g/mol. The fourth-order valence-electron chi connectivity index (χ4n) is 3.04. The highest BCUT2D eigenvalue weighted by Gasteiger charge is 2.18. The van der Waals surface area contributed by atoms with Crippen LogP contribution < -0.4 is 10.6 Å². The zero-order chi connectivity index (χ0) is 19.1. The summed E-state index contributed by atoms with van der Waals surface area (Å²) in [4.78, 5) is 8.65. The third-order valence-electron chi connectivity index (χ3n) is 4.56. The first-order valence-corrected chi connectivity index (χ1v) is 10.5. The Morgan fingerprint density at radius 3 is 2.37 bits per heavy atom. The van der Waals surface area contributed by atoms with Crippen molar-refractivity contribution < 1.29 is 8.60 Å². The molecule has 1 fully saturated rings. The molecule has 0 radical (unpaired) electrons. The van der Waals surface area contributed by atoms with E-state index in [1.165, 1.54) is 12.1 Å². The Morgan fingerprint density at radius 1 is 1.04 bits per heavy atom. The molecule has 0 amide bonds. The molecule has 1 saturated heterocycles. The van der Waals surface area contributed by atoms with Crippen LogP contribution in [0.1, 0.15) is 5.56 Å². The van der Waals surface area contributed by atoms with E-state index in [2.05, 4.69) is 9.89 Å². The van der Waals surface area contributed by atoms with E-state index in [0.29, 0.717) is 24.0 Å². The van der Waals surface area contributed by atoms with Crippen LogP contribution in [0.4, 0.5) is 10.1 Å². The van der Waals surface area contributed by atoms with E-state index in [1.54, 1.807) is 12.1 Å². The Labute approximate surface area is 162 Å². The van der Waals surface area contributed by atoms with Crippen LogP contribution in [0.15, 0.2) is 59.6 Å². The molecule has 0 saturated carbocycles. The molecule has 1 atom stereocenters. The Bertz CT molecular complexity index is 774. The topological polar surface area (TPSA) is 61.9 Å². The summed E-state index contributed by atoms with van der Waals surface area (Å²) in [6.45, 7) is 3.60. The molecule has 3 rings (SSSR count). The van der Waals surface area contributed by atoms with Gasteiger partial charge in [0.25, 0.3) is 0 Å². The first-order valence-electron chi connectivity index (χ1n) is 9.06. The van der Waals surface area contributed by atoms with Crippen LogP contribution in [-0.2, 0) is 16.6 Å². The number of aliphatic imine (C=N–C) groups is 1. The zero-order valence-electron chi connectivity index (χ0n) is 15.3. The van der Waals surface area contributed by atoms with Crippen LogP contribution in [0.25, 0.3) is 0 Å². The quantitative estimate of drug-likeness (QED) is 0.609. The number of nitrogens with two attached hydrogens (primary N) is 1. The molecule has 1 aliphatic rings. The lowest BCUT2D eigenvalue weighted by Crippen LogP contribution is -2.51. The number of anilines is 1. The van der Waals surface area contributed by atoms with Crippen molar-refractivity contribution in [2.75, 3.05) is 43.4 Å². The third kappa shape index (κ3) is 5.79. The van der Waals surface area contributed by atoms with E-state index in [4.69, 9.17) is 5.73 Å². The molecule has 0 spiro atoms. The van der Waals surface area contributed by atoms with Crippen molar-refractivity contribution in [1.82, 2.24) is 4.90 Å². The second kappa shape index (κ2) is 9.50. The predicted molar refractivity (Wildman–Crippen MR) is 110 cm³/mol. The summed E-state index contributed by atoms with van der Waals surface area (Å²) >= 11 is 0. The smallest absolute Gasteiger partial charge is 0.191 e. The van der Waals surface area contributed by atoms with Gasteiger partial charge in [0, 0.05) is 54.2 Å². The minimum Gasteiger partial charge on any atom is -0.370 e. The van der Waals surface area contributed by atoms with Crippen molar-refractivity contribution in [3.8, 4) is 0 Å². The van der Waals surface area contributed by atoms with Crippen LogP contribution in [0.2, 0.25) is 0 Å². The molecule has 7 heteroatoms. The Kier molecular flexibility index (Phi) is 6.81. The second-order valence-corrected chi connectivity index (χ2v) is 8.04. The van der Waals surface area contributed by atoms with Crippen LogP contribution in [0, 0.1) is 5.82 Å². The molecular formula is C20H25FN4OS. The predicted octanol–water partition coefficient (Wildman–Crippen LogP) is 2.21. The van der Waals surface area contributed by atoms with Gasteiger partial charge in [-0.1, -0.05) is 30.3 Å². The van der Waals surface area contributed by atoms with Crippen molar-refractivity contribution >= 4 is 22.4 Å². The normalized spacial score (nSPS) is 16.4. The van der Waals surface area contributed by atoms with Crippen molar-refractivity contribution in [3.63, 3.8) is 0 Å². The zero-order valence-corrected chi connectivity index (χ0v) is 16.1.